The number of hydrogen-bond donors (Lipinski definition) is 1. The van der Waals surface area contributed by atoms with Gasteiger partial charge in [0.2, 0.25) is 0 Å². The van der Waals surface area contributed by atoms with Crippen LogP contribution in [0.15, 0.2) is 0 Å². The Hall–Kier alpha value is -0.610. The average Bonchev–Trinajstić information content (AvgIpc) is 2.21. The van der Waals surface area contributed by atoms with Gasteiger partial charge in [-0.1, -0.05) is 6.92 Å². The van der Waals surface area contributed by atoms with Crippen LogP contribution in [0, 0.1) is 5.92 Å². The van der Waals surface area contributed by atoms with E-state index in [0.29, 0.717) is 12.6 Å². The van der Waals surface area contributed by atoms with Gasteiger partial charge in [0.05, 0.1) is 12.5 Å². The van der Waals surface area contributed by atoms with E-state index >= 15 is 0 Å². The van der Waals surface area contributed by atoms with Crippen molar-refractivity contribution in [1.82, 2.24) is 10.2 Å². The molecule has 1 heterocycles. The fourth-order valence-corrected chi connectivity index (χ4v) is 1.87. The van der Waals surface area contributed by atoms with Crippen LogP contribution in [0.5, 0.6) is 0 Å². The van der Waals surface area contributed by atoms with Gasteiger partial charge >= 0.3 is 5.97 Å². The van der Waals surface area contributed by atoms with Gasteiger partial charge in [-0.2, -0.15) is 0 Å². The molecule has 1 unspecified atom stereocenters. The molecule has 1 fully saturated rings. The number of carbonyl (C=O) groups is 1. The fourth-order valence-electron chi connectivity index (χ4n) is 1.87. The molecule has 1 aliphatic rings. The molecule has 2 atom stereocenters. The van der Waals surface area contributed by atoms with Gasteiger partial charge in [-0.15, -0.1) is 0 Å². The van der Waals surface area contributed by atoms with E-state index in [1.807, 2.05) is 13.8 Å². The molecular weight excluding hydrogens is 192 g/mol. The third-order valence-electron chi connectivity index (χ3n) is 2.84. The minimum Gasteiger partial charge on any atom is -0.466 e. The first kappa shape index (κ1) is 12.5. The third-order valence-corrected chi connectivity index (χ3v) is 2.84. The quantitative estimate of drug-likeness (QED) is 0.691. The molecule has 0 aromatic carbocycles. The molecule has 0 bridgehead atoms. The second kappa shape index (κ2) is 6.08. The highest BCUT2D eigenvalue weighted by molar-refractivity contribution is 5.72. The number of ether oxygens (including phenoxy) is 1. The van der Waals surface area contributed by atoms with Crippen LogP contribution in [-0.4, -0.2) is 49.7 Å². The Morgan fingerprint density at radius 3 is 3.00 bits per heavy atom. The lowest BCUT2D eigenvalue weighted by Crippen LogP contribution is -2.51. The first-order valence-electron chi connectivity index (χ1n) is 5.76. The molecule has 0 aromatic heterocycles. The van der Waals surface area contributed by atoms with Crippen molar-refractivity contribution in [2.24, 2.45) is 5.92 Å². The molecule has 1 rings (SSSR count). The number of carbonyl (C=O) groups excluding carboxylic acids is 1. The Morgan fingerprint density at radius 1 is 1.67 bits per heavy atom. The number of nitrogens with zero attached hydrogens (tertiary/aromatic N) is 1. The molecule has 0 aliphatic carbocycles. The fraction of sp³-hybridized carbons (Fsp3) is 0.909. The lowest BCUT2D eigenvalue weighted by Gasteiger charge is -2.35. The predicted octanol–water partition coefficient (Wildman–Crippen LogP) is 0.479. The van der Waals surface area contributed by atoms with Crippen molar-refractivity contribution in [3.05, 3.63) is 0 Å². The zero-order chi connectivity index (χ0) is 11.3. The summed E-state index contributed by atoms with van der Waals surface area (Å²) in [5.41, 5.74) is 0. The van der Waals surface area contributed by atoms with E-state index in [1.165, 1.54) is 0 Å². The smallest absolute Gasteiger partial charge is 0.309 e. The van der Waals surface area contributed by atoms with Gasteiger partial charge in [0.1, 0.15) is 0 Å². The minimum absolute atomic E-state index is 0.0227. The van der Waals surface area contributed by atoms with Gasteiger partial charge in [0, 0.05) is 32.2 Å². The molecular formula is C11H22N2O2. The summed E-state index contributed by atoms with van der Waals surface area (Å²) in [6.45, 7) is 10.3. The van der Waals surface area contributed by atoms with Crippen LogP contribution in [-0.2, 0) is 9.53 Å². The van der Waals surface area contributed by atoms with Crippen LogP contribution in [0.25, 0.3) is 0 Å². The van der Waals surface area contributed by atoms with Crippen LogP contribution >= 0.6 is 0 Å². The van der Waals surface area contributed by atoms with Crippen molar-refractivity contribution in [2.45, 2.75) is 26.8 Å². The molecule has 1 aliphatic heterocycles. The summed E-state index contributed by atoms with van der Waals surface area (Å²) in [6.07, 6.45) is 0. The Kier molecular flexibility index (Phi) is 5.05. The van der Waals surface area contributed by atoms with Gasteiger partial charge in [-0.25, -0.2) is 0 Å². The van der Waals surface area contributed by atoms with Crippen LogP contribution < -0.4 is 5.32 Å². The maximum absolute atomic E-state index is 11.5. The molecule has 0 spiro atoms. The Morgan fingerprint density at radius 2 is 2.40 bits per heavy atom. The van der Waals surface area contributed by atoms with Crippen molar-refractivity contribution < 1.29 is 9.53 Å². The summed E-state index contributed by atoms with van der Waals surface area (Å²) in [7, 11) is 0. The summed E-state index contributed by atoms with van der Waals surface area (Å²) >= 11 is 0. The molecule has 1 saturated heterocycles. The van der Waals surface area contributed by atoms with E-state index < -0.39 is 0 Å². The number of hydrogen-bond acceptors (Lipinski definition) is 4. The van der Waals surface area contributed by atoms with Crippen LogP contribution in [0.1, 0.15) is 20.8 Å². The third kappa shape index (κ3) is 3.80. The Labute approximate surface area is 92.0 Å². The summed E-state index contributed by atoms with van der Waals surface area (Å²) in [5, 5.41) is 3.33. The van der Waals surface area contributed by atoms with Gasteiger partial charge in [-0.05, 0) is 13.8 Å². The summed E-state index contributed by atoms with van der Waals surface area (Å²) in [6, 6.07) is 0.510. The van der Waals surface area contributed by atoms with Crippen molar-refractivity contribution >= 4 is 5.97 Å². The van der Waals surface area contributed by atoms with E-state index in [-0.39, 0.29) is 11.9 Å². The lowest BCUT2D eigenvalue weighted by molar-refractivity contribution is -0.148. The van der Waals surface area contributed by atoms with E-state index in [0.717, 1.165) is 26.2 Å². The maximum atomic E-state index is 11.5. The van der Waals surface area contributed by atoms with Gasteiger partial charge < -0.3 is 10.1 Å². The molecule has 0 aromatic rings. The minimum atomic E-state index is -0.0803. The standard InChI is InChI=1S/C11H22N2O2/c1-4-15-11(14)9(2)8-13-6-5-12-7-10(13)3/h9-10,12H,4-8H2,1-3H3/t9?,10-/m0/s1. The van der Waals surface area contributed by atoms with Crippen molar-refractivity contribution in [3.63, 3.8) is 0 Å². The largest absolute Gasteiger partial charge is 0.466 e. The Bertz CT molecular complexity index is 209. The van der Waals surface area contributed by atoms with E-state index in [1.54, 1.807) is 0 Å². The van der Waals surface area contributed by atoms with Crippen LogP contribution in [0.3, 0.4) is 0 Å². The molecule has 4 nitrogen and oxygen atoms in total. The SMILES string of the molecule is CCOC(=O)C(C)CN1CCNC[C@@H]1C. The number of nitrogens with one attached hydrogen (secondary N) is 1. The monoisotopic (exact) mass is 214 g/mol. The van der Waals surface area contributed by atoms with Crippen LogP contribution in [0.2, 0.25) is 0 Å². The summed E-state index contributed by atoms with van der Waals surface area (Å²) in [4.78, 5) is 13.8. The number of rotatable bonds is 4. The average molecular weight is 214 g/mol. The second-order valence-electron chi connectivity index (χ2n) is 4.20. The topological polar surface area (TPSA) is 41.6 Å². The molecule has 4 heteroatoms. The highest BCUT2D eigenvalue weighted by atomic mass is 16.5. The Balaban J connectivity index is 2.35. The predicted molar refractivity (Wildman–Crippen MR) is 59.7 cm³/mol. The number of piperazine rings is 1. The van der Waals surface area contributed by atoms with E-state index in [9.17, 15) is 4.79 Å². The summed E-state index contributed by atoms with van der Waals surface area (Å²) < 4.78 is 5.00. The van der Waals surface area contributed by atoms with Gasteiger partial charge in [0.15, 0.2) is 0 Å². The summed E-state index contributed by atoms with van der Waals surface area (Å²) in [5.74, 6) is -0.103. The molecule has 1 N–H and O–H groups in total. The normalized spacial score (nSPS) is 24.9. The second-order valence-corrected chi connectivity index (χ2v) is 4.20. The number of esters is 1. The lowest BCUT2D eigenvalue weighted by atomic mass is 10.1. The van der Waals surface area contributed by atoms with Crippen LogP contribution in [0.4, 0.5) is 0 Å². The molecule has 0 amide bonds. The van der Waals surface area contributed by atoms with Gasteiger partial charge in [0.25, 0.3) is 0 Å². The van der Waals surface area contributed by atoms with E-state index in [4.69, 9.17) is 4.74 Å². The first-order valence-corrected chi connectivity index (χ1v) is 5.76. The van der Waals surface area contributed by atoms with E-state index in [2.05, 4.69) is 17.1 Å². The van der Waals surface area contributed by atoms with Crippen molar-refractivity contribution in [3.8, 4) is 0 Å². The zero-order valence-corrected chi connectivity index (χ0v) is 9.95. The highest BCUT2D eigenvalue weighted by Gasteiger charge is 2.23. The molecule has 15 heavy (non-hydrogen) atoms. The zero-order valence-electron chi connectivity index (χ0n) is 9.95. The van der Waals surface area contributed by atoms with Gasteiger partial charge in [-0.3, -0.25) is 9.69 Å². The molecule has 88 valence electrons. The molecule has 0 radical (unpaired) electrons. The molecule has 0 saturated carbocycles. The first-order chi connectivity index (χ1) is 7.15. The van der Waals surface area contributed by atoms with Crippen molar-refractivity contribution in [2.75, 3.05) is 32.8 Å². The van der Waals surface area contributed by atoms with Crippen molar-refractivity contribution in [1.29, 1.82) is 0 Å². The highest BCUT2D eigenvalue weighted by Crippen LogP contribution is 2.08. The maximum Gasteiger partial charge on any atom is 0.309 e.